The van der Waals surface area contributed by atoms with Gasteiger partial charge in [0.05, 0.1) is 22.6 Å². The number of nitrogens with zero attached hydrogens (tertiary/aromatic N) is 3. The smallest absolute Gasteiger partial charge is 0.307 e. The molecule has 2 heterocycles. The molecule has 0 saturated heterocycles. The fraction of sp³-hybridized carbons (Fsp3) is 0.111. The Balaban J connectivity index is 1.93. The number of aromatic nitrogens is 3. The molecule has 4 nitrogen and oxygen atoms in total. The average molecular weight is 390 g/mol. The van der Waals surface area contributed by atoms with Gasteiger partial charge in [-0.3, -0.25) is 4.79 Å². The standard InChI is InChI=1S/C18H13Cl2N3OS/c1-22-15-5-2-11(8-16(15)25-18(22)24)17(23-7-6-21-10-23)13-4-3-12(19)9-14(13)20/h2-10,17H,1H3. The number of imidazole rings is 1. The van der Waals surface area contributed by atoms with Gasteiger partial charge in [-0.25, -0.2) is 4.98 Å². The molecule has 0 spiro atoms. The largest absolute Gasteiger partial charge is 0.326 e. The van der Waals surface area contributed by atoms with E-state index in [4.69, 9.17) is 23.2 Å². The minimum Gasteiger partial charge on any atom is -0.326 e. The number of aryl methyl sites for hydroxylation is 1. The monoisotopic (exact) mass is 389 g/mol. The van der Waals surface area contributed by atoms with E-state index in [1.807, 2.05) is 41.1 Å². The van der Waals surface area contributed by atoms with Gasteiger partial charge in [0, 0.05) is 29.5 Å². The molecule has 126 valence electrons. The van der Waals surface area contributed by atoms with Gasteiger partial charge >= 0.3 is 4.87 Å². The molecule has 0 bridgehead atoms. The predicted molar refractivity (Wildman–Crippen MR) is 103 cm³/mol. The quantitative estimate of drug-likeness (QED) is 0.507. The first kappa shape index (κ1) is 16.4. The predicted octanol–water partition coefficient (Wildman–Crippen LogP) is 4.74. The van der Waals surface area contributed by atoms with Crippen LogP contribution in [0.4, 0.5) is 0 Å². The van der Waals surface area contributed by atoms with E-state index >= 15 is 0 Å². The van der Waals surface area contributed by atoms with Crippen molar-refractivity contribution in [3.8, 4) is 0 Å². The number of halogens is 2. The minimum atomic E-state index is -0.154. The van der Waals surface area contributed by atoms with Gasteiger partial charge in [0.25, 0.3) is 0 Å². The Bertz CT molecular complexity index is 1120. The van der Waals surface area contributed by atoms with Crippen LogP contribution in [-0.2, 0) is 7.05 Å². The summed E-state index contributed by atoms with van der Waals surface area (Å²) < 4.78 is 4.59. The lowest BCUT2D eigenvalue weighted by molar-refractivity contribution is 0.678. The molecule has 4 aromatic rings. The summed E-state index contributed by atoms with van der Waals surface area (Å²) in [5.74, 6) is 0. The Kier molecular flexibility index (Phi) is 4.15. The van der Waals surface area contributed by atoms with Crippen LogP contribution in [0.25, 0.3) is 10.2 Å². The molecule has 2 aromatic heterocycles. The SMILES string of the molecule is Cn1c(=O)sc2cc(C(c3ccc(Cl)cc3Cl)n3ccnc3)ccc21. The Labute approximate surface area is 157 Å². The van der Waals surface area contributed by atoms with Crippen LogP contribution in [0.2, 0.25) is 10.0 Å². The summed E-state index contributed by atoms with van der Waals surface area (Å²) in [7, 11) is 1.78. The zero-order chi connectivity index (χ0) is 17.6. The van der Waals surface area contributed by atoms with Crippen molar-refractivity contribution in [2.45, 2.75) is 6.04 Å². The van der Waals surface area contributed by atoms with Gasteiger partial charge < -0.3 is 9.13 Å². The highest BCUT2D eigenvalue weighted by Crippen LogP contribution is 2.34. The third-order valence-corrected chi connectivity index (χ3v) is 5.77. The maximum atomic E-state index is 11.9. The molecule has 0 aliphatic carbocycles. The number of hydrogen-bond donors (Lipinski definition) is 0. The summed E-state index contributed by atoms with van der Waals surface area (Å²) in [5, 5.41) is 1.18. The number of fused-ring (bicyclic) bond motifs is 1. The van der Waals surface area contributed by atoms with Crippen LogP contribution >= 0.6 is 34.5 Å². The molecule has 0 fully saturated rings. The fourth-order valence-electron chi connectivity index (χ4n) is 2.98. The van der Waals surface area contributed by atoms with E-state index in [0.717, 1.165) is 21.3 Å². The third-order valence-electron chi connectivity index (χ3n) is 4.21. The van der Waals surface area contributed by atoms with Crippen LogP contribution in [-0.4, -0.2) is 14.1 Å². The Morgan fingerprint density at radius 2 is 2.00 bits per heavy atom. The molecule has 0 saturated carbocycles. The van der Waals surface area contributed by atoms with Crippen molar-refractivity contribution < 1.29 is 0 Å². The molecule has 0 aliphatic heterocycles. The molecule has 1 unspecified atom stereocenters. The fourth-order valence-corrected chi connectivity index (χ4v) is 4.42. The molecule has 2 aromatic carbocycles. The molecule has 25 heavy (non-hydrogen) atoms. The summed E-state index contributed by atoms with van der Waals surface area (Å²) in [4.78, 5) is 16.1. The van der Waals surface area contributed by atoms with Gasteiger partial charge in [0.2, 0.25) is 0 Å². The second-order valence-corrected chi connectivity index (χ2v) is 7.57. The van der Waals surface area contributed by atoms with E-state index in [9.17, 15) is 4.79 Å². The van der Waals surface area contributed by atoms with Crippen molar-refractivity contribution in [1.82, 2.24) is 14.1 Å². The maximum absolute atomic E-state index is 11.9. The first-order valence-electron chi connectivity index (χ1n) is 7.56. The Hall–Kier alpha value is -2.08. The normalized spacial score (nSPS) is 12.6. The maximum Gasteiger partial charge on any atom is 0.307 e. The van der Waals surface area contributed by atoms with Gasteiger partial charge in [-0.1, -0.05) is 46.7 Å². The highest BCUT2D eigenvalue weighted by Gasteiger charge is 2.20. The zero-order valence-corrected chi connectivity index (χ0v) is 15.5. The molecule has 0 radical (unpaired) electrons. The van der Waals surface area contributed by atoms with Crippen LogP contribution in [0, 0.1) is 0 Å². The molecule has 0 amide bonds. The zero-order valence-electron chi connectivity index (χ0n) is 13.2. The lowest BCUT2D eigenvalue weighted by Gasteiger charge is -2.21. The van der Waals surface area contributed by atoms with Crippen molar-refractivity contribution in [3.63, 3.8) is 0 Å². The third kappa shape index (κ3) is 2.88. The van der Waals surface area contributed by atoms with Crippen LogP contribution in [0.15, 0.2) is 59.9 Å². The van der Waals surface area contributed by atoms with Crippen molar-refractivity contribution >= 4 is 44.8 Å². The summed E-state index contributed by atoms with van der Waals surface area (Å²) in [5.41, 5.74) is 2.87. The molecule has 0 aliphatic rings. The van der Waals surface area contributed by atoms with E-state index in [1.54, 1.807) is 30.2 Å². The van der Waals surface area contributed by atoms with E-state index in [-0.39, 0.29) is 10.9 Å². The molecule has 1 atom stereocenters. The van der Waals surface area contributed by atoms with Gasteiger partial charge in [-0.2, -0.15) is 0 Å². The van der Waals surface area contributed by atoms with Gasteiger partial charge in [0.1, 0.15) is 0 Å². The summed E-state index contributed by atoms with van der Waals surface area (Å²) in [6.45, 7) is 0. The lowest BCUT2D eigenvalue weighted by atomic mass is 9.98. The summed E-state index contributed by atoms with van der Waals surface area (Å²) in [6, 6.07) is 11.4. The van der Waals surface area contributed by atoms with E-state index < -0.39 is 0 Å². The molecule has 0 N–H and O–H groups in total. The first-order chi connectivity index (χ1) is 12.0. The number of thiazole rings is 1. The topological polar surface area (TPSA) is 39.8 Å². The van der Waals surface area contributed by atoms with E-state index in [1.165, 1.54) is 11.3 Å². The van der Waals surface area contributed by atoms with Crippen LogP contribution in [0.3, 0.4) is 0 Å². The van der Waals surface area contributed by atoms with E-state index in [2.05, 4.69) is 4.98 Å². The van der Waals surface area contributed by atoms with E-state index in [0.29, 0.717) is 10.0 Å². The lowest BCUT2D eigenvalue weighted by Crippen LogP contribution is -2.11. The van der Waals surface area contributed by atoms with Crippen LogP contribution in [0.1, 0.15) is 17.2 Å². The number of rotatable bonds is 3. The molecular weight excluding hydrogens is 377 g/mol. The van der Waals surface area contributed by atoms with Crippen molar-refractivity contribution in [3.05, 3.63) is 86.0 Å². The Morgan fingerprint density at radius 1 is 1.16 bits per heavy atom. The van der Waals surface area contributed by atoms with Crippen molar-refractivity contribution in [2.24, 2.45) is 7.05 Å². The molecule has 7 heteroatoms. The highest BCUT2D eigenvalue weighted by atomic mass is 35.5. The van der Waals surface area contributed by atoms with Crippen LogP contribution in [0.5, 0.6) is 0 Å². The van der Waals surface area contributed by atoms with Gasteiger partial charge in [0.15, 0.2) is 0 Å². The van der Waals surface area contributed by atoms with Gasteiger partial charge in [-0.05, 0) is 35.4 Å². The summed E-state index contributed by atoms with van der Waals surface area (Å²) in [6.07, 6.45) is 5.39. The highest BCUT2D eigenvalue weighted by molar-refractivity contribution is 7.16. The number of hydrogen-bond acceptors (Lipinski definition) is 3. The van der Waals surface area contributed by atoms with Crippen molar-refractivity contribution in [1.29, 1.82) is 0 Å². The minimum absolute atomic E-state index is 0.0239. The average Bonchev–Trinajstić information content (AvgIpc) is 3.19. The second kappa shape index (κ2) is 6.33. The first-order valence-corrected chi connectivity index (χ1v) is 9.13. The molecular formula is C18H13Cl2N3OS. The van der Waals surface area contributed by atoms with Crippen molar-refractivity contribution in [2.75, 3.05) is 0 Å². The Morgan fingerprint density at radius 3 is 2.72 bits per heavy atom. The number of benzene rings is 2. The summed E-state index contributed by atoms with van der Waals surface area (Å²) >= 11 is 13.8. The molecule has 4 rings (SSSR count). The van der Waals surface area contributed by atoms with Crippen LogP contribution < -0.4 is 4.87 Å². The second-order valence-electron chi connectivity index (χ2n) is 5.73. The van der Waals surface area contributed by atoms with Gasteiger partial charge in [-0.15, -0.1) is 0 Å².